The predicted octanol–water partition coefficient (Wildman–Crippen LogP) is 4.46. The standard InChI is InChI=1S/C18H16N2/c1-19-17-11-12-20-18(13-17)16-9-7-15(8-10-16)14-5-3-2-4-6-14/h2-13H,1H3,(H,19,20). The summed E-state index contributed by atoms with van der Waals surface area (Å²) in [7, 11) is 1.91. The lowest BCUT2D eigenvalue weighted by molar-refractivity contribution is 1.31. The van der Waals surface area contributed by atoms with Crippen LogP contribution in [0.1, 0.15) is 0 Å². The highest BCUT2D eigenvalue weighted by molar-refractivity contribution is 5.70. The van der Waals surface area contributed by atoms with Gasteiger partial charge in [0.2, 0.25) is 0 Å². The van der Waals surface area contributed by atoms with Gasteiger partial charge >= 0.3 is 0 Å². The Kier molecular flexibility index (Phi) is 3.46. The molecule has 98 valence electrons. The first kappa shape index (κ1) is 12.4. The molecule has 3 aromatic rings. The summed E-state index contributed by atoms with van der Waals surface area (Å²) in [6.45, 7) is 0. The molecule has 0 bridgehead atoms. The molecular formula is C18H16N2. The number of benzene rings is 2. The smallest absolute Gasteiger partial charge is 0.0722 e. The van der Waals surface area contributed by atoms with E-state index in [2.05, 4.69) is 64.9 Å². The van der Waals surface area contributed by atoms with Gasteiger partial charge < -0.3 is 5.32 Å². The molecule has 3 rings (SSSR count). The van der Waals surface area contributed by atoms with Crippen molar-refractivity contribution in [2.75, 3.05) is 12.4 Å². The van der Waals surface area contributed by atoms with Gasteiger partial charge in [0.05, 0.1) is 5.69 Å². The molecule has 0 radical (unpaired) electrons. The average Bonchev–Trinajstić information content (AvgIpc) is 2.56. The Labute approximate surface area is 119 Å². The molecule has 0 unspecified atom stereocenters. The van der Waals surface area contributed by atoms with E-state index in [1.165, 1.54) is 11.1 Å². The fraction of sp³-hybridized carbons (Fsp3) is 0.0556. The van der Waals surface area contributed by atoms with Gasteiger partial charge in [0, 0.05) is 24.5 Å². The van der Waals surface area contributed by atoms with Crippen molar-refractivity contribution in [2.45, 2.75) is 0 Å². The van der Waals surface area contributed by atoms with Crippen LogP contribution in [0.3, 0.4) is 0 Å². The van der Waals surface area contributed by atoms with Gasteiger partial charge in [-0.25, -0.2) is 0 Å². The normalized spacial score (nSPS) is 10.2. The minimum Gasteiger partial charge on any atom is -0.388 e. The second-order valence-electron chi connectivity index (χ2n) is 4.62. The van der Waals surface area contributed by atoms with Crippen molar-refractivity contribution in [3.63, 3.8) is 0 Å². The summed E-state index contributed by atoms with van der Waals surface area (Å²) in [6.07, 6.45) is 1.83. The van der Waals surface area contributed by atoms with Gasteiger partial charge in [-0.05, 0) is 23.3 Å². The van der Waals surface area contributed by atoms with Crippen molar-refractivity contribution in [3.05, 3.63) is 72.9 Å². The van der Waals surface area contributed by atoms with Gasteiger partial charge in [0.15, 0.2) is 0 Å². The Morgan fingerprint density at radius 1 is 0.750 bits per heavy atom. The molecule has 2 heteroatoms. The minimum atomic E-state index is 0.983. The SMILES string of the molecule is CNc1ccnc(-c2ccc(-c3ccccc3)cc2)c1. The van der Waals surface area contributed by atoms with E-state index >= 15 is 0 Å². The molecule has 2 aromatic carbocycles. The second kappa shape index (κ2) is 5.57. The molecule has 0 aliphatic rings. The van der Waals surface area contributed by atoms with Crippen LogP contribution in [-0.2, 0) is 0 Å². The zero-order chi connectivity index (χ0) is 13.8. The van der Waals surface area contributed by atoms with Crippen LogP contribution < -0.4 is 5.32 Å². The zero-order valence-corrected chi connectivity index (χ0v) is 11.4. The Morgan fingerprint density at radius 3 is 2.10 bits per heavy atom. The third kappa shape index (κ3) is 2.54. The van der Waals surface area contributed by atoms with Crippen LogP contribution in [0.25, 0.3) is 22.4 Å². The zero-order valence-electron chi connectivity index (χ0n) is 11.4. The maximum absolute atomic E-state index is 4.42. The minimum absolute atomic E-state index is 0.983. The van der Waals surface area contributed by atoms with E-state index in [4.69, 9.17) is 0 Å². The largest absolute Gasteiger partial charge is 0.388 e. The van der Waals surface area contributed by atoms with E-state index < -0.39 is 0 Å². The fourth-order valence-corrected chi connectivity index (χ4v) is 2.21. The molecule has 0 saturated heterocycles. The van der Waals surface area contributed by atoms with Crippen LogP contribution in [0.15, 0.2) is 72.9 Å². The molecule has 0 spiro atoms. The van der Waals surface area contributed by atoms with Gasteiger partial charge in [-0.2, -0.15) is 0 Å². The van der Waals surface area contributed by atoms with Crippen molar-refractivity contribution in [3.8, 4) is 22.4 Å². The third-order valence-corrected chi connectivity index (χ3v) is 3.34. The number of hydrogen-bond donors (Lipinski definition) is 1. The molecule has 1 aromatic heterocycles. The number of aromatic nitrogens is 1. The molecule has 0 aliphatic carbocycles. The Hall–Kier alpha value is -2.61. The lowest BCUT2D eigenvalue weighted by atomic mass is 10.0. The van der Waals surface area contributed by atoms with Gasteiger partial charge in [0.25, 0.3) is 0 Å². The highest BCUT2D eigenvalue weighted by Crippen LogP contribution is 2.24. The van der Waals surface area contributed by atoms with Crippen LogP contribution >= 0.6 is 0 Å². The maximum Gasteiger partial charge on any atom is 0.0722 e. The van der Waals surface area contributed by atoms with E-state index in [-0.39, 0.29) is 0 Å². The van der Waals surface area contributed by atoms with Gasteiger partial charge in [-0.15, -0.1) is 0 Å². The molecule has 1 heterocycles. The summed E-state index contributed by atoms with van der Waals surface area (Å²) in [5, 5.41) is 3.13. The topological polar surface area (TPSA) is 24.9 Å². The number of hydrogen-bond acceptors (Lipinski definition) is 2. The third-order valence-electron chi connectivity index (χ3n) is 3.34. The Balaban J connectivity index is 1.93. The van der Waals surface area contributed by atoms with Crippen LogP contribution in [0, 0.1) is 0 Å². The molecule has 0 fully saturated rings. The second-order valence-corrected chi connectivity index (χ2v) is 4.62. The highest BCUT2D eigenvalue weighted by atomic mass is 14.8. The predicted molar refractivity (Wildman–Crippen MR) is 84.7 cm³/mol. The van der Waals surface area contributed by atoms with Crippen molar-refractivity contribution < 1.29 is 0 Å². The van der Waals surface area contributed by atoms with E-state index in [0.29, 0.717) is 0 Å². The number of anilines is 1. The van der Waals surface area contributed by atoms with Gasteiger partial charge in [-0.1, -0.05) is 54.6 Å². The lowest BCUT2D eigenvalue weighted by Gasteiger charge is -2.06. The van der Waals surface area contributed by atoms with Crippen LogP contribution in [0.5, 0.6) is 0 Å². The van der Waals surface area contributed by atoms with Crippen molar-refractivity contribution >= 4 is 5.69 Å². The first-order chi connectivity index (χ1) is 9.86. The number of pyridine rings is 1. The van der Waals surface area contributed by atoms with Crippen molar-refractivity contribution in [1.82, 2.24) is 4.98 Å². The molecule has 0 amide bonds. The van der Waals surface area contributed by atoms with Crippen LogP contribution in [-0.4, -0.2) is 12.0 Å². The van der Waals surface area contributed by atoms with E-state index in [9.17, 15) is 0 Å². The summed E-state index contributed by atoms with van der Waals surface area (Å²) in [5.74, 6) is 0. The van der Waals surface area contributed by atoms with Crippen molar-refractivity contribution in [1.29, 1.82) is 0 Å². The van der Waals surface area contributed by atoms with Crippen LogP contribution in [0.4, 0.5) is 5.69 Å². The highest BCUT2D eigenvalue weighted by Gasteiger charge is 2.01. The van der Waals surface area contributed by atoms with E-state index in [1.54, 1.807) is 0 Å². The molecule has 20 heavy (non-hydrogen) atoms. The molecular weight excluding hydrogens is 244 g/mol. The average molecular weight is 260 g/mol. The lowest BCUT2D eigenvalue weighted by Crippen LogP contribution is -1.90. The monoisotopic (exact) mass is 260 g/mol. The van der Waals surface area contributed by atoms with Gasteiger partial charge in [-0.3, -0.25) is 4.98 Å². The quantitative estimate of drug-likeness (QED) is 0.752. The summed E-state index contributed by atoms with van der Waals surface area (Å²) in [6, 6.07) is 22.9. The van der Waals surface area contributed by atoms with E-state index in [1.807, 2.05) is 25.4 Å². The number of nitrogens with one attached hydrogen (secondary N) is 1. The Bertz CT molecular complexity index is 688. The molecule has 1 N–H and O–H groups in total. The first-order valence-corrected chi connectivity index (χ1v) is 6.66. The van der Waals surface area contributed by atoms with E-state index in [0.717, 1.165) is 16.9 Å². The summed E-state index contributed by atoms with van der Waals surface area (Å²) >= 11 is 0. The maximum atomic E-state index is 4.42. The number of nitrogens with zero attached hydrogens (tertiary/aromatic N) is 1. The molecule has 0 saturated carbocycles. The molecule has 0 aliphatic heterocycles. The number of rotatable bonds is 3. The summed E-state index contributed by atoms with van der Waals surface area (Å²) in [5.41, 5.74) is 5.63. The fourth-order valence-electron chi connectivity index (χ4n) is 2.21. The summed E-state index contributed by atoms with van der Waals surface area (Å²) < 4.78 is 0. The first-order valence-electron chi connectivity index (χ1n) is 6.66. The van der Waals surface area contributed by atoms with Crippen LogP contribution in [0.2, 0.25) is 0 Å². The van der Waals surface area contributed by atoms with Crippen molar-refractivity contribution in [2.24, 2.45) is 0 Å². The Morgan fingerprint density at radius 2 is 1.40 bits per heavy atom. The molecule has 2 nitrogen and oxygen atoms in total. The molecule has 0 atom stereocenters. The summed E-state index contributed by atoms with van der Waals surface area (Å²) in [4.78, 5) is 4.42. The van der Waals surface area contributed by atoms with Gasteiger partial charge in [0.1, 0.15) is 0 Å².